The van der Waals surface area contributed by atoms with Crippen LogP contribution < -0.4 is 5.48 Å². The van der Waals surface area contributed by atoms with Gasteiger partial charge in [-0.15, -0.1) is 0 Å². The highest BCUT2D eigenvalue weighted by molar-refractivity contribution is 5.98. The van der Waals surface area contributed by atoms with Crippen molar-refractivity contribution in [3.63, 3.8) is 0 Å². The fourth-order valence-electron chi connectivity index (χ4n) is 1.24. The van der Waals surface area contributed by atoms with Crippen molar-refractivity contribution in [3.05, 3.63) is 39.4 Å². The van der Waals surface area contributed by atoms with Crippen LogP contribution in [0.4, 0.5) is 5.69 Å². The lowest BCUT2D eigenvalue weighted by Gasteiger charge is -2.04. The van der Waals surface area contributed by atoms with Crippen LogP contribution in [-0.2, 0) is 9.57 Å². The molecule has 1 rings (SSSR count). The molecule has 0 bridgehead atoms. The number of amides is 1. The summed E-state index contributed by atoms with van der Waals surface area (Å²) >= 11 is 0. The highest BCUT2D eigenvalue weighted by Gasteiger charge is 2.18. The topological polar surface area (TPSA) is 108 Å². The number of nitro benzene ring substituents is 1. The van der Waals surface area contributed by atoms with E-state index in [-0.39, 0.29) is 16.8 Å². The molecule has 0 saturated heterocycles. The smallest absolute Gasteiger partial charge is 0.338 e. The number of hydrogen-bond donors (Lipinski definition) is 1. The quantitative estimate of drug-likeness (QED) is 0.480. The molecule has 8 heteroatoms. The summed E-state index contributed by atoms with van der Waals surface area (Å²) in [6, 6.07) is 3.23. The summed E-state index contributed by atoms with van der Waals surface area (Å²) < 4.78 is 4.44. The van der Waals surface area contributed by atoms with Gasteiger partial charge in [0.2, 0.25) is 0 Å². The predicted molar refractivity (Wildman–Crippen MR) is 58.9 cm³/mol. The van der Waals surface area contributed by atoms with E-state index in [1.807, 2.05) is 5.48 Å². The molecule has 0 radical (unpaired) electrons. The second-order valence-electron chi connectivity index (χ2n) is 3.15. The van der Waals surface area contributed by atoms with Gasteiger partial charge < -0.3 is 4.74 Å². The molecule has 0 atom stereocenters. The first-order valence-electron chi connectivity index (χ1n) is 4.70. The van der Waals surface area contributed by atoms with Crippen molar-refractivity contribution in [1.29, 1.82) is 0 Å². The Labute approximate surface area is 102 Å². The monoisotopic (exact) mass is 254 g/mol. The Balaban J connectivity index is 3.26. The Kier molecular flexibility index (Phi) is 4.33. The maximum atomic E-state index is 11.5. The lowest BCUT2D eigenvalue weighted by molar-refractivity contribution is -0.384. The van der Waals surface area contributed by atoms with Gasteiger partial charge >= 0.3 is 5.97 Å². The maximum Gasteiger partial charge on any atom is 0.338 e. The van der Waals surface area contributed by atoms with Gasteiger partial charge in [0.1, 0.15) is 0 Å². The minimum absolute atomic E-state index is 0.0774. The van der Waals surface area contributed by atoms with Crippen molar-refractivity contribution < 1.29 is 24.1 Å². The SMILES string of the molecule is CONC(=O)c1cc(C(=O)OC)cc([N+](=O)[O-])c1. The number of methoxy groups -OCH3 is 1. The Morgan fingerprint density at radius 1 is 1.22 bits per heavy atom. The second-order valence-corrected chi connectivity index (χ2v) is 3.15. The Morgan fingerprint density at radius 2 is 1.83 bits per heavy atom. The van der Waals surface area contributed by atoms with Crippen LogP contribution in [0.25, 0.3) is 0 Å². The summed E-state index contributed by atoms with van der Waals surface area (Å²) in [7, 11) is 2.35. The number of nitrogens with one attached hydrogen (secondary N) is 1. The van der Waals surface area contributed by atoms with E-state index < -0.39 is 16.8 Å². The fraction of sp³-hybridized carbons (Fsp3) is 0.200. The van der Waals surface area contributed by atoms with Crippen molar-refractivity contribution in [1.82, 2.24) is 5.48 Å². The van der Waals surface area contributed by atoms with Crippen molar-refractivity contribution in [2.75, 3.05) is 14.2 Å². The largest absolute Gasteiger partial charge is 0.465 e. The van der Waals surface area contributed by atoms with E-state index in [2.05, 4.69) is 9.57 Å². The van der Waals surface area contributed by atoms with E-state index in [1.165, 1.54) is 13.2 Å². The standard InChI is InChI=1S/C10H10N2O6/c1-17-10(14)7-3-6(9(13)11-18-2)4-8(5-7)12(15)16/h3-5H,1-2H3,(H,11,13). The molecule has 96 valence electrons. The van der Waals surface area contributed by atoms with Gasteiger partial charge in [-0.25, -0.2) is 10.3 Å². The average molecular weight is 254 g/mol. The first-order chi connectivity index (χ1) is 8.49. The molecule has 1 amide bonds. The molecule has 1 N–H and O–H groups in total. The van der Waals surface area contributed by atoms with E-state index >= 15 is 0 Å². The molecule has 0 aliphatic carbocycles. The summed E-state index contributed by atoms with van der Waals surface area (Å²) in [6.07, 6.45) is 0. The zero-order valence-electron chi connectivity index (χ0n) is 9.63. The molecule has 0 heterocycles. The lowest BCUT2D eigenvalue weighted by atomic mass is 10.1. The highest BCUT2D eigenvalue weighted by Crippen LogP contribution is 2.18. The van der Waals surface area contributed by atoms with Gasteiger partial charge in [0, 0.05) is 17.7 Å². The number of non-ortho nitro benzene ring substituents is 1. The Bertz CT molecular complexity index is 499. The minimum atomic E-state index is -0.773. The van der Waals surface area contributed by atoms with Gasteiger partial charge in [-0.1, -0.05) is 0 Å². The summed E-state index contributed by atoms with van der Waals surface area (Å²) in [6.45, 7) is 0. The predicted octanol–water partition coefficient (Wildman–Crippen LogP) is 0.673. The number of rotatable bonds is 4. The molecule has 0 aliphatic heterocycles. The molecule has 0 spiro atoms. The number of carbonyl (C=O) groups is 2. The molecule has 8 nitrogen and oxygen atoms in total. The zero-order chi connectivity index (χ0) is 13.7. The molecule has 1 aromatic carbocycles. The van der Waals surface area contributed by atoms with Crippen LogP contribution in [0.5, 0.6) is 0 Å². The van der Waals surface area contributed by atoms with Crippen molar-refractivity contribution in [3.8, 4) is 0 Å². The number of hydrogen-bond acceptors (Lipinski definition) is 6. The molecular weight excluding hydrogens is 244 g/mol. The summed E-state index contributed by atoms with van der Waals surface area (Å²) in [5, 5.41) is 10.7. The Hall–Kier alpha value is -2.48. The van der Waals surface area contributed by atoms with E-state index in [0.717, 1.165) is 19.2 Å². The number of esters is 1. The normalized spacial score (nSPS) is 9.67. The van der Waals surface area contributed by atoms with Crippen LogP contribution in [0.3, 0.4) is 0 Å². The third-order valence-electron chi connectivity index (χ3n) is 2.01. The molecule has 0 aliphatic rings. The number of carbonyl (C=O) groups excluding carboxylic acids is 2. The molecule has 18 heavy (non-hydrogen) atoms. The molecular formula is C10H10N2O6. The Morgan fingerprint density at radius 3 is 2.33 bits per heavy atom. The van der Waals surface area contributed by atoms with Crippen molar-refractivity contribution in [2.24, 2.45) is 0 Å². The fourth-order valence-corrected chi connectivity index (χ4v) is 1.24. The van der Waals surface area contributed by atoms with Crippen molar-refractivity contribution in [2.45, 2.75) is 0 Å². The third-order valence-corrected chi connectivity index (χ3v) is 2.01. The van der Waals surface area contributed by atoms with E-state index in [9.17, 15) is 19.7 Å². The van der Waals surface area contributed by atoms with Gasteiger partial charge in [0.05, 0.1) is 24.7 Å². The highest BCUT2D eigenvalue weighted by atomic mass is 16.6. The number of nitro groups is 1. The first-order valence-corrected chi connectivity index (χ1v) is 4.70. The van der Waals surface area contributed by atoms with Crippen LogP contribution >= 0.6 is 0 Å². The number of hydroxylamine groups is 1. The van der Waals surface area contributed by atoms with Crippen LogP contribution in [0, 0.1) is 10.1 Å². The van der Waals surface area contributed by atoms with Gasteiger partial charge in [-0.05, 0) is 6.07 Å². The summed E-state index contributed by atoms with van der Waals surface area (Å²) in [5.41, 5.74) is 1.44. The van der Waals surface area contributed by atoms with E-state index in [4.69, 9.17) is 0 Å². The minimum Gasteiger partial charge on any atom is -0.465 e. The average Bonchev–Trinajstić information content (AvgIpc) is 2.37. The van der Waals surface area contributed by atoms with E-state index in [1.54, 1.807) is 0 Å². The van der Waals surface area contributed by atoms with Crippen LogP contribution in [0.1, 0.15) is 20.7 Å². The third kappa shape index (κ3) is 3.01. The molecule has 0 aromatic heterocycles. The number of benzene rings is 1. The number of nitrogens with zero attached hydrogens (tertiary/aromatic N) is 1. The zero-order valence-corrected chi connectivity index (χ0v) is 9.63. The first kappa shape index (κ1) is 13.6. The van der Waals surface area contributed by atoms with Gasteiger partial charge in [0.15, 0.2) is 0 Å². The number of ether oxygens (including phenoxy) is 1. The van der Waals surface area contributed by atoms with Gasteiger partial charge in [-0.2, -0.15) is 0 Å². The van der Waals surface area contributed by atoms with Crippen LogP contribution in [0.15, 0.2) is 18.2 Å². The van der Waals surface area contributed by atoms with Crippen molar-refractivity contribution >= 4 is 17.6 Å². The molecule has 0 fully saturated rings. The van der Waals surface area contributed by atoms with Crippen LogP contribution in [-0.4, -0.2) is 31.0 Å². The molecule has 0 unspecified atom stereocenters. The van der Waals surface area contributed by atoms with Gasteiger partial charge in [-0.3, -0.25) is 19.7 Å². The maximum absolute atomic E-state index is 11.5. The lowest BCUT2D eigenvalue weighted by Crippen LogP contribution is -2.22. The van der Waals surface area contributed by atoms with E-state index in [0.29, 0.717) is 0 Å². The molecule has 0 saturated carbocycles. The van der Waals surface area contributed by atoms with Crippen LogP contribution in [0.2, 0.25) is 0 Å². The summed E-state index contributed by atoms with van der Waals surface area (Å²) in [5.74, 6) is -1.48. The van der Waals surface area contributed by atoms with Gasteiger partial charge in [0.25, 0.3) is 11.6 Å². The molecule has 1 aromatic rings. The summed E-state index contributed by atoms with van der Waals surface area (Å²) in [4.78, 5) is 37.2. The second kappa shape index (κ2) is 5.73.